The molecule has 2 aromatic rings. The van der Waals surface area contributed by atoms with Crippen molar-refractivity contribution in [3.05, 3.63) is 59.4 Å². The van der Waals surface area contributed by atoms with E-state index in [2.05, 4.69) is 46.8 Å². The molecule has 0 saturated carbocycles. The van der Waals surface area contributed by atoms with Crippen LogP contribution in [-0.4, -0.2) is 4.98 Å². The van der Waals surface area contributed by atoms with Gasteiger partial charge in [0.15, 0.2) is 0 Å². The first-order valence-electron chi connectivity index (χ1n) is 6.36. The lowest BCUT2D eigenvalue weighted by atomic mass is 9.88. The number of rotatable bonds is 3. The summed E-state index contributed by atoms with van der Waals surface area (Å²) in [5.41, 5.74) is 4.34. The standard InChI is InChI=1S/C15H18N2/c1-2-6-14-13(4-1)5-3-7-15(14)17-11-12-8-9-16-10-12/h1-2,4,6,8-10,15-17H,3,5,7,11H2. The second-order valence-corrected chi connectivity index (χ2v) is 4.74. The molecule has 2 N–H and O–H groups in total. The first-order chi connectivity index (χ1) is 8.43. The summed E-state index contributed by atoms with van der Waals surface area (Å²) in [4.78, 5) is 3.10. The Bertz CT molecular complexity index is 473. The molecule has 1 unspecified atom stereocenters. The Morgan fingerprint density at radius 2 is 2.18 bits per heavy atom. The molecule has 17 heavy (non-hydrogen) atoms. The van der Waals surface area contributed by atoms with Crippen molar-refractivity contribution in [3.8, 4) is 0 Å². The molecule has 0 aliphatic heterocycles. The maximum absolute atomic E-state index is 3.66. The average molecular weight is 226 g/mol. The van der Waals surface area contributed by atoms with Crippen LogP contribution in [0.2, 0.25) is 0 Å². The lowest BCUT2D eigenvalue weighted by Crippen LogP contribution is -2.24. The molecule has 1 aliphatic carbocycles. The van der Waals surface area contributed by atoms with Gasteiger partial charge in [0.25, 0.3) is 0 Å². The van der Waals surface area contributed by atoms with E-state index in [0.29, 0.717) is 6.04 Å². The van der Waals surface area contributed by atoms with Gasteiger partial charge in [-0.05, 0) is 42.0 Å². The summed E-state index contributed by atoms with van der Waals surface area (Å²) < 4.78 is 0. The van der Waals surface area contributed by atoms with Crippen molar-refractivity contribution in [2.75, 3.05) is 0 Å². The van der Waals surface area contributed by atoms with Crippen molar-refractivity contribution in [1.82, 2.24) is 10.3 Å². The molecule has 1 aromatic carbocycles. The summed E-state index contributed by atoms with van der Waals surface area (Å²) in [6.07, 6.45) is 7.81. The van der Waals surface area contributed by atoms with Crippen LogP contribution in [0.15, 0.2) is 42.7 Å². The zero-order valence-electron chi connectivity index (χ0n) is 9.95. The Morgan fingerprint density at radius 3 is 3.06 bits per heavy atom. The van der Waals surface area contributed by atoms with Crippen LogP contribution in [0.4, 0.5) is 0 Å². The number of fused-ring (bicyclic) bond motifs is 1. The quantitative estimate of drug-likeness (QED) is 0.826. The molecule has 0 radical (unpaired) electrons. The minimum atomic E-state index is 0.523. The molecule has 2 heteroatoms. The molecule has 1 aromatic heterocycles. The number of aryl methyl sites for hydroxylation is 1. The molecule has 0 spiro atoms. The smallest absolute Gasteiger partial charge is 0.0326 e. The molecule has 0 amide bonds. The van der Waals surface area contributed by atoms with Crippen molar-refractivity contribution in [2.24, 2.45) is 0 Å². The molecular formula is C15H18N2. The van der Waals surface area contributed by atoms with E-state index in [9.17, 15) is 0 Å². The molecule has 1 aliphatic rings. The molecule has 1 atom stereocenters. The van der Waals surface area contributed by atoms with Gasteiger partial charge in [0.05, 0.1) is 0 Å². The fourth-order valence-corrected chi connectivity index (χ4v) is 2.68. The Hall–Kier alpha value is -1.54. The fraction of sp³-hybridized carbons (Fsp3) is 0.333. The summed E-state index contributed by atoms with van der Waals surface area (Å²) in [6, 6.07) is 11.5. The van der Waals surface area contributed by atoms with E-state index in [4.69, 9.17) is 0 Å². The van der Waals surface area contributed by atoms with Crippen molar-refractivity contribution < 1.29 is 0 Å². The van der Waals surface area contributed by atoms with Gasteiger partial charge in [-0.2, -0.15) is 0 Å². The average Bonchev–Trinajstić information content (AvgIpc) is 2.89. The third kappa shape index (κ3) is 2.27. The van der Waals surface area contributed by atoms with E-state index in [1.54, 1.807) is 0 Å². The monoisotopic (exact) mass is 226 g/mol. The predicted molar refractivity (Wildman–Crippen MR) is 69.8 cm³/mol. The van der Waals surface area contributed by atoms with Gasteiger partial charge in [0, 0.05) is 25.0 Å². The normalized spacial score (nSPS) is 18.9. The van der Waals surface area contributed by atoms with Gasteiger partial charge in [-0.15, -0.1) is 0 Å². The summed E-state index contributed by atoms with van der Waals surface area (Å²) >= 11 is 0. The van der Waals surface area contributed by atoms with E-state index in [-0.39, 0.29) is 0 Å². The van der Waals surface area contributed by atoms with Crippen LogP contribution in [0.1, 0.15) is 35.6 Å². The third-order valence-electron chi connectivity index (χ3n) is 3.58. The first-order valence-corrected chi connectivity index (χ1v) is 6.36. The van der Waals surface area contributed by atoms with Crippen LogP contribution in [0.5, 0.6) is 0 Å². The molecular weight excluding hydrogens is 208 g/mol. The van der Waals surface area contributed by atoms with Gasteiger partial charge in [0.2, 0.25) is 0 Å². The minimum absolute atomic E-state index is 0.523. The number of aromatic nitrogens is 1. The highest BCUT2D eigenvalue weighted by Crippen LogP contribution is 2.29. The number of H-pyrrole nitrogens is 1. The van der Waals surface area contributed by atoms with Crippen LogP contribution < -0.4 is 5.32 Å². The fourth-order valence-electron chi connectivity index (χ4n) is 2.68. The largest absolute Gasteiger partial charge is 0.367 e. The zero-order valence-corrected chi connectivity index (χ0v) is 9.95. The summed E-state index contributed by atoms with van der Waals surface area (Å²) in [5.74, 6) is 0. The SMILES string of the molecule is c1ccc2c(c1)CCCC2NCc1cc[nH]c1. The summed E-state index contributed by atoms with van der Waals surface area (Å²) in [7, 11) is 0. The predicted octanol–water partition coefficient (Wildman–Crippen LogP) is 3.18. The Labute approximate surface area is 102 Å². The topological polar surface area (TPSA) is 27.8 Å². The molecule has 88 valence electrons. The van der Waals surface area contributed by atoms with Gasteiger partial charge in [-0.1, -0.05) is 24.3 Å². The molecule has 1 heterocycles. The van der Waals surface area contributed by atoms with Crippen molar-refractivity contribution in [1.29, 1.82) is 0 Å². The highest BCUT2D eigenvalue weighted by molar-refractivity contribution is 5.32. The lowest BCUT2D eigenvalue weighted by Gasteiger charge is -2.26. The van der Waals surface area contributed by atoms with Gasteiger partial charge in [-0.25, -0.2) is 0 Å². The van der Waals surface area contributed by atoms with Gasteiger partial charge in [0.1, 0.15) is 0 Å². The Kier molecular flexibility index (Phi) is 2.97. The maximum atomic E-state index is 3.66. The minimum Gasteiger partial charge on any atom is -0.367 e. The molecule has 0 bridgehead atoms. The lowest BCUT2D eigenvalue weighted by molar-refractivity contribution is 0.459. The van der Waals surface area contributed by atoms with E-state index >= 15 is 0 Å². The second kappa shape index (κ2) is 4.76. The second-order valence-electron chi connectivity index (χ2n) is 4.74. The highest BCUT2D eigenvalue weighted by atomic mass is 14.9. The highest BCUT2D eigenvalue weighted by Gasteiger charge is 2.18. The zero-order chi connectivity index (χ0) is 11.5. The number of hydrogen-bond acceptors (Lipinski definition) is 1. The van der Waals surface area contributed by atoms with E-state index in [0.717, 1.165) is 6.54 Å². The molecule has 0 saturated heterocycles. The molecule has 2 nitrogen and oxygen atoms in total. The Morgan fingerprint density at radius 1 is 1.24 bits per heavy atom. The van der Waals surface area contributed by atoms with Crippen LogP contribution in [0.3, 0.4) is 0 Å². The number of benzene rings is 1. The van der Waals surface area contributed by atoms with Crippen molar-refractivity contribution in [2.45, 2.75) is 31.8 Å². The van der Waals surface area contributed by atoms with Crippen LogP contribution in [-0.2, 0) is 13.0 Å². The van der Waals surface area contributed by atoms with Gasteiger partial charge < -0.3 is 10.3 Å². The third-order valence-corrected chi connectivity index (χ3v) is 3.58. The number of hydrogen-bond donors (Lipinski definition) is 2. The number of aromatic amines is 1. The number of nitrogens with one attached hydrogen (secondary N) is 2. The van der Waals surface area contributed by atoms with Crippen molar-refractivity contribution in [3.63, 3.8) is 0 Å². The van der Waals surface area contributed by atoms with Crippen LogP contribution in [0.25, 0.3) is 0 Å². The Balaban J connectivity index is 1.72. The van der Waals surface area contributed by atoms with Gasteiger partial charge in [-0.3, -0.25) is 0 Å². The first kappa shape index (κ1) is 10.6. The van der Waals surface area contributed by atoms with E-state index in [1.165, 1.54) is 36.0 Å². The molecule has 3 rings (SSSR count). The molecule has 0 fully saturated rings. The maximum Gasteiger partial charge on any atom is 0.0326 e. The van der Waals surface area contributed by atoms with Crippen LogP contribution >= 0.6 is 0 Å². The summed E-state index contributed by atoms with van der Waals surface area (Å²) in [5, 5.41) is 3.66. The van der Waals surface area contributed by atoms with Gasteiger partial charge >= 0.3 is 0 Å². The summed E-state index contributed by atoms with van der Waals surface area (Å²) in [6.45, 7) is 0.947. The van der Waals surface area contributed by atoms with E-state index < -0.39 is 0 Å². The van der Waals surface area contributed by atoms with Crippen LogP contribution in [0, 0.1) is 0 Å². The van der Waals surface area contributed by atoms with Crippen molar-refractivity contribution >= 4 is 0 Å². The van der Waals surface area contributed by atoms with E-state index in [1.807, 2.05) is 6.20 Å².